The summed E-state index contributed by atoms with van der Waals surface area (Å²) in [5.41, 5.74) is 3.64. The number of ketones is 1. The van der Waals surface area contributed by atoms with E-state index >= 15 is 0 Å². The van der Waals surface area contributed by atoms with Gasteiger partial charge in [-0.15, -0.1) is 0 Å². The van der Waals surface area contributed by atoms with Crippen molar-refractivity contribution in [2.45, 2.75) is 40.0 Å². The smallest absolute Gasteiger partial charge is 0.227 e. The van der Waals surface area contributed by atoms with Crippen LogP contribution in [0.3, 0.4) is 0 Å². The largest absolute Gasteiger partial charge is 0.339 e. The fraction of sp³-hybridized carbons (Fsp3) is 0.400. The van der Waals surface area contributed by atoms with Gasteiger partial charge in [0.05, 0.1) is 0 Å². The predicted octanol–water partition coefficient (Wildman–Crippen LogP) is 2.80. The average Bonchev–Trinajstić information content (AvgIpc) is 2.72. The SMILES string of the molecule is CC(=O)CCc1nc(Cc2cc(C)cc(C)c2)no1. The zero-order valence-electron chi connectivity index (χ0n) is 11.6. The zero-order valence-corrected chi connectivity index (χ0v) is 11.6. The highest BCUT2D eigenvalue weighted by atomic mass is 16.5. The number of Topliss-reactive ketones (excluding diaryl/α,β-unsaturated/α-hetero) is 1. The highest BCUT2D eigenvalue weighted by molar-refractivity contribution is 5.75. The van der Waals surface area contributed by atoms with Crippen LogP contribution in [0.1, 0.15) is 41.8 Å². The van der Waals surface area contributed by atoms with Gasteiger partial charge < -0.3 is 9.32 Å². The van der Waals surface area contributed by atoms with E-state index in [1.54, 1.807) is 6.92 Å². The minimum absolute atomic E-state index is 0.133. The summed E-state index contributed by atoms with van der Waals surface area (Å²) >= 11 is 0. The molecular weight excluding hydrogens is 240 g/mol. The minimum atomic E-state index is 0.133. The molecule has 0 N–H and O–H groups in total. The van der Waals surface area contributed by atoms with Crippen molar-refractivity contribution in [1.82, 2.24) is 10.1 Å². The molecule has 0 radical (unpaired) electrons. The second-order valence-electron chi connectivity index (χ2n) is 4.98. The molecule has 0 bridgehead atoms. The Balaban J connectivity index is 2.05. The summed E-state index contributed by atoms with van der Waals surface area (Å²) < 4.78 is 5.13. The Bertz CT molecular complexity index is 567. The van der Waals surface area contributed by atoms with Crippen molar-refractivity contribution >= 4 is 5.78 Å². The molecule has 4 heteroatoms. The van der Waals surface area contributed by atoms with E-state index in [0.717, 1.165) is 0 Å². The van der Waals surface area contributed by atoms with Crippen LogP contribution in [0.5, 0.6) is 0 Å². The number of nitrogens with zero attached hydrogens (tertiary/aromatic N) is 2. The van der Waals surface area contributed by atoms with Gasteiger partial charge in [0.1, 0.15) is 5.78 Å². The van der Waals surface area contributed by atoms with Gasteiger partial charge in [-0.1, -0.05) is 34.5 Å². The van der Waals surface area contributed by atoms with E-state index in [4.69, 9.17) is 4.52 Å². The molecule has 1 aromatic heterocycles. The summed E-state index contributed by atoms with van der Waals surface area (Å²) in [6.45, 7) is 5.71. The molecule has 0 saturated carbocycles. The summed E-state index contributed by atoms with van der Waals surface area (Å²) in [5, 5.41) is 3.95. The van der Waals surface area contributed by atoms with Crippen molar-refractivity contribution in [2.24, 2.45) is 0 Å². The van der Waals surface area contributed by atoms with Crippen LogP contribution in [0.4, 0.5) is 0 Å². The van der Waals surface area contributed by atoms with Crippen molar-refractivity contribution in [3.8, 4) is 0 Å². The van der Waals surface area contributed by atoms with E-state index in [9.17, 15) is 4.79 Å². The van der Waals surface area contributed by atoms with Crippen molar-refractivity contribution in [3.63, 3.8) is 0 Å². The molecule has 100 valence electrons. The van der Waals surface area contributed by atoms with Crippen molar-refractivity contribution in [1.29, 1.82) is 0 Å². The highest BCUT2D eigenvalue weighted by Crippen LogP contribution is 2.12. The molecule has 0 aliphatic rings. The Kier molecular flexibility index (Phi) is 4.10. The molecule has 0 fully saturated rings. The van der Waals surface area contributed by atoms with Crippen molar-refractivity contribution in [3.05, 3.63) is 46.6 Å². The molecule has 0 aliphatic carbocycles. The number of hydrogen-bond donors (Lipinski definition) is 0. The molecule has 0 atom stereocenters. The fourth-order valence-electron chi connectivity index (χ4n) is 2.10. The Hall–Kier alpha value is -1.97. The highest BCUT2D eigenvalue weighted by Gasteiger charge is 2.08. The molecule has 1 aromatic carbocycles. The number of rotatable bonds is 5. The number of carbonyl (C=O) groups excluding carboxylic acids is 1. The number of carbonyl (C=O) groups is 1. The standard InChI is InChI=1S/C15H18N2O2/c1-10-6-11(2)8-13(7-10)9-14-16-15(19-17-14)5-4-12(3)18/h6-8H,4-5,9H2,1-3H3. The molecule has 0 spiro atoms. The molecule has 2 rings (SSSR count). The lowest BCUT2D eigenvalue weighted by Crippen LogP contribution is -1.95. The van der Waals surface area contributed by atoms with Crippen LogP contribution in [-0.2, 0) is 17.6 Å². The van der Waals surface area contributed by atoms with Gasteiger partial charge in [0, 0.05) is 19.3 Å². The topological polar surface area (TPSA) is 56.0 Å². The van der Waals surface area contributed by atoms with E-state index < -0.39 is 0 Å². The normalized spacial score (nSPS) is 10.7. The first kappa shape index (κ1) is 13.5. The van der Waals surface area contributed by atoms with Crippen molar-refractivity contribution < 1.29 is 9.32 Å². The van der Waals surface area contributed by atoms with Gasteiger partial charge in [-0.3, -0.25) is 0 Å². The maximum atomic E-state index is 10.9. The van der Waals surface area contributed by atoms with E-state index in [-0.39, 0.29) is 5.78 Å². The summed E-state index contributed by atoms with van der Waals surface area (Å²) in [6, 6.07) is 6.38. The van der Waals surface area contributed by atoms with E-state index in [2.05, 4.69) is 42.2 Å². The third-order valence-electron chi connectivity index (χ3n) is 2.84. The summed E-state index contributed by atoms with van der Waals surface area (Å²) in [7, 11) is 0. The summed E-state index contributed by atoms with van der Waals surface area (Å²) in [4.78, 5) is 15.2. The maximum Gasteiger partial charge on any atom is 0.227 e. The van der Waals surface area contributed by atoms with E-state index in [1.807, 2.05) is 0 Å². The Morgan fingerprint density at radius 2 is 1.89 bits per heavy atom. The monoisotopic (exact) mass is 258 g/mol. The van der Waals surface area contributed by atoms with Gasteiger partial charge in [0.2, 0.25) is 5.89 Å². The third-order valence-corrected chi connectivity index (χ3v) is 2.84. The van der Waals surface area contributed by atoms with E-state index in [1.165, 1.54) is 16.7 Å². The molecule has 4 nitrogen and oxygen atoms in total. The number of benzene rings is 1. The lowest BCUT2D eigenvalue weighted by Gasteiger charge is -2.01. The first-order valence-corrected chi connectivity index (χ1v) is 6.41. The van der Waals surface area contributed by atoms with Crippen molar-refractivity contribution in [2.75, 3.05) is 0 Å². The van der Waals surface area contributed by atoms with Crippen LogP contribution in [0.15, 0.2) is 22.7 Å². The van der Waals surface area contributed by atoms with Gasteiger partial charge in [-0.25, -0.2) is 0 Å². The van der Waals surface area contributed by atoms with Crippen LogP contribution in [0.25, 0.3) is 0 Å². The van der Waals surface area contributed by atoms with Crippen LogP contribution >= 0.6 is 0 Å². The third kappa shape index (κ3) is 4.02. The number of aromatic nitrogens is 2. The molecule has 19 heavy (non-hydrogen) atoms. The molecule has 2 aromatic rings. The van der Waals surface area contributed by atoms with Crippen LogP contribution in [0, 0.1) is 13.8 Å². The van der Waals surface area contributed by atoms with Gasteiger partial charge in [0.25, 0.3) is 0 Å². The summed E-state index contributed by atoms with van der Waals surface area (Å²) in [6.07, 6.45) is 1.63. The zero-order chi connectivity index (χ0) is 13.8. The number of hydrogen-bond acceptors (Lipinski definition) is 4. The first-order chi connectivity index (χ1) is 9.02. The average molecular weight is 258 g/mol. The van der Waals surface area contributed by atoms with Gasteiger partial charge in [-0.05, 0) is 26.3 Å². The lowest BCUT2D eigenvalue weighted by molar-refractivity contribution is -0.117. The van der Waals surface area contributed by atoms with Gasteiger partial charge in [-0.2, -0.15) is 4.98 Å². The second kappa shape index (κ2) is 5.78. The Labute approximate surface area is 112 Å². The van der Waals surface area contributed by atoms with Crippen LogP contribution < -0.4 is 0 Å². The second-order valence-corrected chi connectivity index (χ2v) is 4.98. The first-order valence-electron chi connectivity index (χ1n) is 6.41. The van der Waals surface area contributed by atoms with Gasteiger partial charge >= 0.3 is 0 Å². The predicted molar refractivity (Wildman–Crippen MR) is 72.0 cm³/mol. The van der Waals surface area contributed by atoms with Crippen LogP contribution in [-0.4, -0.2) is 15.9 Å². The Morgan fingerprint density at radius 1 is 1.21 bits per heavy atom. The quantitative estimate of drug-likeness (QED) is 0.827. The molecule has 0 aliphatic heterocycles. The molecule has 0 amide bonds. The lowest BCUT2D eigenvalue weighted by atomic mass is 10.1. The fourth-order valence-corrected chi connectivity index (χ4v) is 2.10. The molecule has 0 unspecified atom stereocenters. The Morgan fingerprint density at radius 3 is 2.53 bits per heavy atom. The molecular formula is C15H18N2O2. The minimum Gasteiger partial charge on any atom is -0.339 e. The molecule has 1 heterocycles. The van der Waals surface area contributed by atoms with E-state index in [0.29, 0.717) is 31.0 Å². The number of aryl methyl sites for hydroxylation is 3. The molecule has 0 saturated heterocycles. The summed E-state index contributed by atoms with van der Waals surface area (Å²) in [5.74, 6) is 1.34. The van der Waals surface area contributed by atoms with Crippen LogP contribution in [0.2, 0.25) is 0 Å². The maximum absolute atomic E-state index is 10.9. The van der Waals surface area contributed by atoms with Gasteiger partial charge in [0.15, 0.2) is 5.82 Å².